The Kier molecular flexibility index (Phi) is 3.94. The lowest BCUT2D eigenvalue weighted by Crippen LogP contribution is -2.47. The van der Waals surface area contributed by atoms with Crippen LogP contribution in [-0.4, -0.2) is 42.9 Å². The first kappa shape index (κ1) is 16.3. The first-order valence-corrected chi connectivity index (χ1v) is 8.19. The molecule has 26 heavy (non-hydrogen) atoms. The molecule has 3 aromatic rings. The predicted molar refractivity (Wildman–Crippen MR) is 98.9 cm³/mol. The summed E-state index contributed by atoms with van der Waals surface area (Å²) in [4.78, 5) is 15.7. The highest BCUT2D eigenvalue weighted by Gasteiger charge is 2.33. The van der Waals surface area contributed by atoms with E-state index in [0.29, 0.717) is 11.5 Å². The Morgan fingerprint density at radius 1 is 1.27 bits per heavy atom. The largest absolute Gasteiger partial charge is 0.355 e. The van der Waals surface area contributed by atoms with Gasteiger partial charge in [-0.1, -0.05) is 24.3 Å². The van der Waals surface area contributed by atoms with Crippen LogP contribution in [0.25, 0.3) is 16.9 Å². The Hall–Kier alpha value is -3.17. The van der Waals surface area contributed by atoms with E-state index in [1.165, 1.54) is 0 Å². The number of hydrogen-bond acceptors (Lipinski definition) is 7. The molecule has 4 N–H and O–H groups in total. The summed E-state index contributed by atoms with van der Waals surface area (Å²) in [5, 5.41) is 7.64. The Bertz CT molecular complexity index is 988. The summed E-state index contributed by atoms with van der Waals surface area (Å²) in [5.74, 6) is 6.10. The second kappa shape index (κ2) is 6.28. The number of nitrogens with two attached hydrogens (primary N) is 1. The molecular weight excluding hydrogens is 332 g/mol. The predicted octanol–water partition coefficient (Wildman–Crippen LogP) is 1.32. The summed E-state index contributed by atoms with van der Waals surface area (Å²) in [7, 11) is 1.81. The zero-order valence-corrected chi connectivity index (χ0v) is 14.5. The maximum absolute atomic E-state index is 5.46. The fourth-order valence-electron chi connectivity index (χ4n) is 3.07. The number of anilines is 1. The minimum Gasteiger partial charge on any atom is -0.355 e. The lowest BCUT2D eigenvalue weighted by Gasteiger charge is -2.34. The standard InChI is InChI=1S/C17H20N8O/c1-17(6-4-3-5-14(17)26-18)23-15-16-21-10-13(24(16)8-7-20-15)12-9-22-25(11-12)19-2/h3-11,14,19H,18H2,1-2H3,(H,20,23)/t14?,17-/m0/s1. The molecular formula is C17H20N8O. The average molecular weight is 352 g/mol. The molecule has 1 unspecified atom stereocenters. The fraction of sp³-hybridized carbons (Fsp3) is 0.235. The summed E-state index contributed by atoms with van der Waals surface area (Å²) in [6.45, 7) is 2.00. The van der Waals surface area contributed by atoms with E-state index in [-0.39, 0.29) is 6.10 Å². The number of aromatic nitrogens is 5. The van der Waals surface area contributed by atoms with E-state index in [1.54, 1.807) is 30.4 Å². The molecule has 0 spiro atoms. The highest BCUT2D eigenvalue weighted by molar-refractivity contribution is 5.71. The summed E-state index contributed by atoms with van der Waals surface area (Å²) in [6.07, 6.45) is 16.5. The molecule has 0 radical (unpaired) electrons. The van der Waals surface area contributed by atoms with Crippen LogP contribution in [0.2, 0.25) is 0 Å². The minimum absolute atomic E-state index is 0.321. The number of nitrogens with one attached hydrogen (secondary N) is 2. The van der Waals surface area contributed by atoms with Crippen molar-refractivity contribution in [1.29, 1.82) is 0 Å². The van der Waals surface area contributed by atoms with Crippen LogP contribution in [0.1, 0.15) is 6.92 Å². The molecule has 4 rings (SSSR count). The van der Waals surface area contributed by atoms with Gasteiger partial charge in [0.25, 0.3) is 0 Å². The molecule has 2 atom stereocenters. The molecule has 3 aromatic heterocycles. The molecule has 0 aromatic carbocycles. The van der Waals surface area contributed by atoms with Gasteiger partial charge in [0.1, 0.15) is 6.10 Å². The SMILES string of the molecule is CNn1cc(-c2cnc3c(N[C@@]4(C)C=CC=CC4ON)nccn23)cn1. The van der Waals surface area contributed by atoms with Gasteiger partial charge in [0, 0.05) is 25.0 Å². The van der Waals surface area contributed by atoms with Gasteiger partial charge in [-0.05, 0) is 6.92 Å². The quantitative estimate of drug-likeness (QED) is 0.595. The molecule has 1 aliphatic carbocycles. The van der Waals surface area contributed by atoms with E-state index in [0.717, 1.165) is 11.3 Å². The maximum Gasteiger partial charge on any atom is 0.180 e. The van der Waals surface area contributed by atoms with Crippen molar-refractivity contribution < 1.29 is 4.84 Å². The summed E-state index contributed by atoms with van der Waals surface area (Å²) >= 11 is 0. The third-order valence-electron chi connectivity index (χ3n) is 4.50. The van der Waals surface area contributed by atoms with Crippen molar-refractivity contribution in [2.24, 2.45) is 5.90 Å². The molecule has 0 saturated carbocycles. The van der Waals surface area contributed by atoms with Crippen molar-refractivity contribution in [2.45, 2.75) is 18.6 Å². The number of fused-ring (bicyclic) bond motifs is 1. The normalized spacial score (nSPS) is 22.0. The third-order valence-corrected chi connectivity index (χ3v) is 4.50. The fourth-order valence-corrected chi connectivity index (χ4v) is 3.07. The van der Waals surface area contributed by atoms with Crippen molar-refractivity contribution in [3.63, 3.8) is 0 Å². The van der Waals surface area contributed by atoms with Crippen molar-refractivity contribution >= 4 is 11.5 Å². The molecule has 0 fully saturated rings. The number of nitrogens with zero attached hydrogens (tertiary/aromatic N) is 5. The van der Waals surface area contributed by atoms with Crippen molar-refractivity contribution in [2.75, 3.05) is 17.8 Å². The van der Waals surface area contributed by atoms with Gasteiger partial charge in [0.05, 0.1) is 29.8 Å². The highest BCUT2D eigenvalue weighted by Crippen LogP contribution is 2.28. The first-order valence-electron chi connectivity index (χ1n) is 8.19. The Balaban J connectivity index is 1.73. The summed E-state index contributed by atoms with van der Waals surface area (Å²) < 4.78 is 1.97. The molecule has 0 amide bonds. The molecule has 0 saturated heterocycles. The van der Waals surface area contributed by atoms with Gasteiger partial charge in [0.15, 0.2) is 11.5 Å². The molecule has 1 aliphatic rings. The van der Waals surface area contributed by atoms with Gasteiger partial charge in [-0.3, -0.25) is 9.24 Å². The van der Waals surface area contributed by atoms with E-state index in [1.807, 2.05) is 48.0 Å². The van der Waals surface area contributed by atoms with Gasteiger partial charge in [-0.15, -0.1) is 0 Å². The van der Waals surface area contributed by atoms with Crippen LogP contribution in [0.4, 0.5) is 5.82 Å². The first-order chi connectivity index (χ1) is 12.6. The number of rotatable bonds is 5. The Morgan fingerprint density at radius 2 is 2.15 bits per heavy atom. The third kappa shape index (κ3) is 2.63. The van der Waals surface area contributed by atoms with E-state index < -0.39 is 5.54 Å². The number of allylic oxidation sites excluding steroid dienone is 2. The van der Waals surface area contributed by atoms with Crippen LogP contribution in [0.15, 0.2) is 55.3 Å². The number of imidazole rings is 1. The topological polar surface area (TPSA) is 107 Å². The highest BCUT2D eigenvalue weighted by atomic mass is 16.6. The van der Waals surface area contributed by atoms with Crippen LogP contribution < -0.4 is 16.6 Å². The molecule has 0 bridgehead atoms. The van der Waals surface area contributed by atoms with Gasteiger partial charge < -0.3 is 10.7 Å². The van der Waals surface area contributed by atoms with E-state index >= 15 is 0 Å². The van der Waals surface area contributed by atoms with E-state index in [2.05, 4.69) is 25.8 Å². The van der Waals surface area contributed by atoms with Gasteiger partial charge in [-0.25, -0.2) is 15.9 Å². The lowest BCUT2D eigenvalue weighted by molar-refractivity contribution is 0.0566. The van der Waals surface area contributed by atoms with Crippen molar-refractivity contribution in [3.05, 3.63) is 55.3 Å². The second-order valence-electron chi connectivity index (χ2n) is 6.22. The number of hydrogen-bond donors (Lipinski definition) is 3. The van der Waals surface area contributed by atoms with Crippen LogP contribution in [0, 0.1) is 0 Å². The van der Waals surface area contributed by atoms with Gasteiger partial charge in [-0.2, -0.15) is 9.89 Å². The minimum atomic E-state index is -0.540. The van der Waals surface area contributed by atoms with Crippen molar-refractivity contribution in [3.8, 4) is 11.3 Å². The lowest BCUT2D eigenvalue weighted by atomic mass is 9.90. The van der Waals surface area contributed by atoms with Gasteiger partial charge in [0.2, 0.25) is 0 Å². The monoisotopic (exact) mass is 352 g/mol. The zero-order chi connectivity index (χ0) is 18.1. The molecule has 3 heterocycles. The van der Waals surface area contributed by atoms with Crippen LogP contribution >= 0.6 is 0 Å². The van der Waals surface area contributed by atoms with Crippen LogP contribution in [0.3, 0.4) is 0 Å². The zero-order valence-electron chi connectivity index (χ0n) is 14.5. The average Bonchev–Trinajstić information content (AvgIpc) is 3.29. The Morgan fingerprint density at radius 3 is 2.92 bits per heavy atom. The second-order valence-corrected chi connectivity index (χ2v) is 6.22. The van der Waals surface area contributed by atoms with Crippen molar-refractivity contribution in [1.82, 2.24) is 24.3 Å². The molecule has 134 valence electrons. The smallest absolute Gasteiger partial charge is 0.180 e. The molecule has 0 aliphatic heterocycles. The Labute approximate surface area is 150 Å². The summed E-state index contributed by atoms with van der Waals surface area (Å²) in [6, 6.07) is 0. The van der Waals surface area contributed by atoms with Crippen LogP contribution in [0.5, 0.6) is 0 Å². The van der Waals surface area contributed by atoms with Gasteiger partial charge >= 0.3 is 0 Å². The molecule has 9 heteroatoms. The van der Waals surface area contributed by atoms with Crippen LogP contribution in [-0.2, 0) is 4.84 Å². The van der Waals surface area contributed by atoms with E-state index in [4.69, 9.17) is 10.7 Å². The molecule has 9 nitrogen and oxygen atoms in total. The summed E-state index contributed by atoms with van der Waals surface area (Å²) in [5.41, 5.74) is 4.98. The maximum atomic E-state index is 5.46. The van der Waals surface area contributed by atoms with E-state index in [9.17, 15) is 0 Å².